The predicted molar refractivity (Wildman–Crippen MR) is 124 cm³/mol. The molecular weight excluding hydrogens is 536 g/mol. The molecule has 0 bridgehead atoms. The predicted octanol–water partition coefficient (Wildman–Crippen LogP) is 7.42. The van der Waals surface area contributed by atoms with Crippen molar-refractivity contribution in [1.82, 2.24) is 0 Å². The lowest BCUT2D eigenvalue weighted by molar-refractivity contribution is -0.384. The van der Waals surface area contributed by atoms with Crippen molar-refractivity contribution in [2.75, 3.05) is 0 Å². The van der Waals surface area contributed by atoms with Crippen LogP contribution in [0, 0.1) is 21.4 Å². The highest BCUT2D eigenvalue weighted by atomic mass is 79.9. The highest BCUT2D eigenvalue weighted by molar-refractivity contribution is 9.11. The van der Waals surface area contributed by atoms with E-state index in [9.17, 15) is 15.4 Å². The molecule has 0 aliphatic carbocycles. The third-order valence-corrected chi connectivity index (χ3v) is 5.44. The van der Waals surface area contributed by atoms with Crippen molar-refractivity contribution in [1.29, 1.82) is 5.26 Å². The van der Waals surface area contributed by atoms with Crippen LogP contribution < -0.4 is 4.74 Å². The molecule has 0 heterocycles. The lowest BCUT2D eigenvalue weighted by Gasteiger charge is -2.13. The molecule has 3 aromatic carbocycles. The zero-order valence-corrected chi connectivity index (χ0v) is 19.2. The van der Waals surface area contributed by atoms with Crippen LogP contribution >= 0.6 is 43.5 Å². The molecule has 8 heteroatoms. The summed E-state index contributed by atoms with van der Waals surface area (Å²) in [6.45, 7) is 0.317. The number of allylic oxidation sites excluding steroid dienone is 1. The highest BCUT2D eigenvalue weighted by Crippen LogP contribution is 2.36. The first-order chi connectivity index (χ1) is 14.4. The first kappa shape index (κ1) is 22.0. The molecule has 0 aromatic heterocycles. The van der Waals surface area contributed by atoms with E-state index in [0.717, 1.165) is 14.5 Å². The van der Waals surface area contributed by atoms with Gasteiger partial charge in [0.15, 0.2) is 0 Å². The van der Waals surface area contributed by atoms with Crippen LogP contribution in [0.5, 0.6) is 5.75 Å². The third kappa shape index (κ3) is 5.48. The number of nitro groups is 1. The summed E-state index contributed by atoms with van der Waals surface area (Å²) in [6, 6.07) is 19.0. The molecular formula is C22H13Br2ClN2O3. The van der Waals surface area contributed by atoms with Crippen LogP contribution in [0.3, 0.4) is 0 Å². The molecule has 150 valence electrons. The topological polar surface area (TPSA) is 76.2 Å². The van der Waals surface area contributed by atoms with Crippen molar-refractivity contribution in [3.63, 3.8) is 0 Å². The van der Waals surface area contributed by atoms with Crippen LogP contribution in [0.4, 0.5) is 5.69 Å². The van der Waals surface area contributed by atoms with Crippen LogP contribution in [-0.4, -0.2) is 4.92 Å². The van der Waals surface area contributed by atoms with Crippen LogP contribution in [0.25, 0.3) is 11.6 Å². The van der Waals surface area contributed by atoms with Crippen LogP contribution in [0.1, 0.15) is 16.7 Å². The van der Waals surface area contributed by atoms with E-state index in [1.165, 1.54) is 12.1 Å². The Morgan fingerprint density at radius 2 is 1.80 bits per heavy atom. The molecule has 5 nitrogen and oxygen atoms in total. The molecule has 3 aromatic rings. The second-order valence-corrected chi connectivity index (χ2v) is 8.40. The number of nitrogens with zero attached hydrogens (tertiary/aromatic N) is 2. The van der Waals surface area contributed by atoms with Crippen molar-refractivity contribution in [3.8, 4) is 11.8 Å². The molecule has 30 heavy (non-hydrogen) atoms. The average molecular weight is 549 g/mol. The first-order valence-electron chi connectivity index (χ1n) is 8.60. The normalized spacial score (nSPS) is 11.1. The molecule has 0 fully saturated rings. The third-order valence-electron chi connectivity index (χ3n) is 4.14. The fourth-order valence-corrected chi connectivity index (χ4v) is 4.17. The van der Waals surface area contributed by atoms with Crippen LogP contribution in [0.2, 0.25) is 5.02 Å². The fraction of sp³-hybridized carbons (Fsp3) is 0.0455. The van der Waals surface area contributed by atoms with Crippen LogP contribution in [0.15, 0.2) is 69.6 Å². The van der Waals surface area contributed by atoms with Crippen molar-refractivity contribution in [3.05, 3.63) is 101 Å². The van der Waals surface area contributed by atoms with E-state index in [1.807, 2.05) is 24.3 Å². The van der Waals surface area contributed by atoms with E-state index >= 15 is 0 Å². The standard InChI is InChI=1S/C22H13Br2ClN2O3/c23-18-10-16(9-17(12-26)15-3-7-20(8-4-15)27(28)29)22(21(24)11-18)30-13-14-1-5-19(25)6-2-14/h1-11H,13H2/b17-9+. The Morgan fingerprint density at radius 1 is 1.13 bits per heavy atom. The summed E-state index contributed by atoms with van der Waals surface area (Å²) in [5, 5.41) is 21.2. The fourth-order valence-electron chi connectivity index (χ4n) is 2.67. The maximum absolute atomic E-state index is 10.9. The minimum atomic E-state index is -0.479. The number of nitriles is 1. The molecule has 0 N–H and O–H groups in total. The Bertz CT molecular complexity index is 1150. The molecule has 0 aliphatic heterocycles. The van der Waals surface area contributed by atoms with E-state index in [2.05, 4.69) is 37.9 Å². The van der Waals surface area contributed by atoms with E-state index in [-0.39, 0.29) is 5.69 Å². The lowest BCUT2D eigenvalue weighted by Crippen LogP contribution is -1.98. The Balaban J connectivity index is 1.95. The number of rotatable bonds is 6. The molecule has 0 aliphatic rings. The summed E-state index contributed by atoms with van der Waals surface area (Å²) in [6.07, 6.45) is 1.69. The van der Waals surface area contributed by atoms with E-state index < -0.39 is 4.92 Å². The van der Waals surface area contributed by atoms with Gasteiger partial charge in [-0.1, -0.05) is 39.7 Å². The van der Waals surface area contributed by atoms with Gasteiger partial charge in [-0.3, -0.25) is 10.1 Å². The van der Waals surface area contributed by atoms with Gasteiger partial charge in [-0.2, -0.15) is 5.26 Å². The summed E-state index contributed by atoms with van der Waals surface area (Å²) in [5.74, 6) is 0.572. The summed E-state index contributed by atoms with van der Waals surface area (Å²) in [4.78, 5) is 10.4. The molecule has 0 unspecified atom stereocenters. The number of ether oxygens (including phenoxy) is 1. The average Bonchev–Trinajstić information content (AvgIpc) is 2.72. The van der Waals surface area contributed by atoms with Gasteiger partial charge in [0.05, 0.1) is 21.0 Å². The van der Waals surface area contributed by atoms with E-state index in [1.54, 1.807) is 30.3 Å². The summed E-state index contributed by atoms with van der Waals surface area (Å²) < 4.78 is 7.55. The Labute approximate surface area is 195 Å². The quantitative estimate of drug-likeness (QED) is 0.139. The number of halogens is 3. The molecule has 0 spiro atoms. The minimum Gasteiger partial charge on any atom is -0.487 e. The lowest BCUT2D eigenvalue weighted by atomic mass is 10.0. The van der Waals surface area contributed by atoms with Gasteiger partial charge in [0.25, 0.3) is 5.69 Å². The van der Waals surface area contributed by atoms with Crippen molar-refractivity contribution in [2.45, 2.75) is 6.61 Å². The van der Waals surface area contributed by atoms with Crippen molar-refractivity contribution < 1.29 is 9.66 Å². The van der Waals surface area contributed by atoms with Crippen molar-refractivity contribution in [2.24, 2.45) is 0 Å². The number of non-ortho nitro benzene ring substituents is 1. The molecule has 3 rings (SSSR count). The second kappa shape index (κ2) is 9.90. The number of hydrogen-bond donors (Lipinski definition) is 0. The summed E-state index contributed by atoms with van der Waals surface area (Å²) in [5.41, 5.74) is 2.52. The molecule has 0 atom stereocenters. The number of nitro benzene ring substituents is 1. The number of benzene rings is 3. The van der Waals surface area contributed by atoms with Gasteiger partial charge >= 0.3 is 0 Å². The van der Waals surface area contributed by atoms with E-state index in [0.29, 0.717) is 34.1 Å². The Hall–Kier alpha value is -2.66. The van der Waals surface area contributed by atoms with Gasteiger partial charge in [-0.05, 0) is 69.5 Å². The Kier molecular flexibility index (Phi) is 7.27. The SMILES string of the molecule is N#C/C(=C\c1cc(Br)cc(Br)c1OCc1ccc(Cl)cc1)c1ccc([N+](=O)[O-])cc1. The maximum atomic E-state index is 10.9. The highest BCUT2D eigenvalue weighted by Gasteiger charge is 2.12. The maximum Gasteiger partial charge on any atom is 0.269 e. The van der Waals surface area contributed by atoms with Gasteiger partial charge in [-0.25, -0.2) is 0 Å². The van der Waals surface area contributed by atoms with Gasteiger partial charge in [0.1, 0.15) is 12.4 Å². The largest absolute Gasteiger partial charge is 0.487 e. The van der Waals surface area contributed by atoms with E-state index in [4.69, 9.17) is 16.3 Å². The monoisotopic (exact) mass is 546 g/mol. The summed E-state index contributed by atoms with van der Waals surface area (Å²) >= 11 is 12.9. The van der Waals surface area contributed by atoms with Gasteiger partial charge in [0, 0.05) is 27.2 Å². The molecule has 0 saturated carbocycles. The zero-order valence-electron chi connectivity index (χ0n) is 15.3. The van der Waals surface area contributed by atoms with Crippen LogP contribution in [-0.2, 0) is 6.61 Å². The van der Waals surface area contributed by atoms with Gasteiger partial charge < -0.3 is 4.74 Å². The van der Waals surface area contributed by atoms with Crippen molar-refractivity contribution >= 4 is 60.8 Å². The number of hydrogen-bond acceptors (Lipinski definition) is 4. The molecule has 0 amide bonds. The van der Waals surface area contributed by atoms with Gasteiger partial charge in [0.2, 0.25) is 0 Å². The molecule has 0 saturated heterocycles. The molecule has 0 radical (unpaired) electrons. The van der Waals surface area contributed by atoms with Gasteiger partial charge in [-0.15, -0.1) is 0 Å². The Morgan fingerprint density at radius 3 is 2.40 bits per heavy atom. The first-order valence-corrected chi connectivity index (χ1v) is 10.6. The zero-order chi connectivity index (χ0) is 21.7. The smallest absolute Gasteiger partial charge is 0.269 e. The second-order valence-electron chi connectivity index (χ2n) is 6.19. The minimum absolute atomic E-state index is 0.0340. The summed E-state index contributed by atoms with van der Waals surface area (Å²) in [7, 11) is 0.